The molecule has 168 valence electrons. The van der Waals surface area contributed by atoms with Crippen LogP contribution in [-0.4, -0.2) is 46.7 Å². The van der Waals surface area contributed by atoms with Gasteiger partial charge in [0.1, 0.15) is 29.9 Å². The number of hydrogen-bond donors (Lipinski definition) is 2. The van der Waals surface area contributed by atoms with Gasteiger partial charge < -0.3 is 24.4 Å². The Hall–Kier alpha value is -2.19. The fourth-order valence-corrected chi connectivity index (χ4v) is 4.69. The summed E-state index contributed by atoms with van der Waals surface area (Å²) in [6.45, 7) is 0.982. The summed E-state index contributed by atoms with van der Waals surface area (Å²) in [5.41, 5.74) is 1.41. The average Bonchev–Trinajstić information content (AvgIpc) is 2.84. The summed E-state index contributed by atoms with van der Waals surface area (Å²) in [6.07, 6.45) is -3.43. The summed E-state index contributed by atoms with van der Waals surface area (Å²) in [7, 11) is 0. The van der Waals surface area contributed by atoms with Gasteiger partial charge in [0.2, 0.25) is 0 Å². The van der Waals surface area contributed by atoms with Gasteiger partial charge in [0.15, 0.2) is 0 Å². The lowest BCUT2D eigenvalue weighted by Crippen LogP contribution is -2.58. The van der Waals surface area contributed by atoms with E-state index in [0.717, 1.165) is 16.0 Å². The topological polar surface area (TPSA) is 68.2 Å². The van der Waals surface area contributed by atoms with Crippen LogP contribution in [0, 0.1) is 0 Å². The number of benzene rings is 3. The highest BCUT2D eigenvalue weighted by Gasteiger charge is 2.45. The summed E-state index contributed by atoms with van der Waals surface area (Å²) < 4.78 is 18.2. The number of thioether (sulfide) groups is 1. The van der Waals surface area contributed by atoms with Crippen molar-refractivity contribution in [2.45, 2.75) is 48.0 Å². The molecule has 4 rings (SSSR count). The summed E-state index contributed by atoms with van der Waals surface area (Å²) >= 11 is 1.38. The quantitative estimate of drug-likeness (QED) is 0.511. The molecule has 1 fully saturated rings. The number of rotatable bonds is 9. The molecule has 3 aromatic carbocycles. The molecule has 0 amide bonds. The first-order valence-electron chi connectivity index (χ1n) is 10.7. The van der Waals surface area contributed by atoms with Crippen molar-refractivity contribution in [1.29, 1.82) is 0 Å². The molecule has 1 heterocycles. The van der Waals surface area contributed by atoms with Crippen LogP contribution in [0.3, 0.4) is 0 Å². The van der Waals surface area contributed by atoms with E-state index in [1.165, 1.54) is 11.8 Å². The van der Waals surface area contributed by atoms with Crippen LogP contribution in [0.1, 0.15) is 11.1 Å². The normalized spacial score (nSPS) is 25.5. The molecule has 32 heavy (non-hydrogen) atoms. The van der Waals surface area contributed by atoms with Crippen LogP contribution in [0.25, 0.3) is 0 Å². The molecule has 0 spiro atoms. The van der Waals surface area contributed by atoms with Gasteiger partial charge in [0.25, 0.3) is 0 Å². The highest BCUT2D eigenvalue weighted by atomic mass is 32.2. The van der Waals surface area contributed by atoms with Crippen LogP contribution < -0.4 is 0 Å². The second-order valence-electron chi connectivity index (χ2n) is 7.72. The van der Waals surface area contributed by atoms with E-state index in [-0.39, 0.29) is 6.61 Å². The molecular formula is C26H28O5S. The van der Waals surface area contributed by atoms with E-state index in [0.29, 0.717) is 13.2 Å². The highest BCUT2D eigenvalue weighted by Crippen LogP contribution is 2.34. The van der Waals surface area contributed by atoms with Gasteiger partial charge >= 0.3 is 0 Å². The van der Waals surface area contributed by atoms with Crippen LogP contribution in [-0.2, 0) is 27.4 Å². The van der Waals surface area contributed by atoms with Gasteiger partial charge in [-0.3, -0.25) is 0 Å². The Morgan fingerprint density at radius 1 is 0.719 bits per heavy atom. The van der Waals surface area contributed by atoms with E-state index in [4.69, 9.17) is 14.2 Å². The Labute approximate surface area is 193 Å². The highest BCUT2D eigenvalue weighted by molar-refractivity contribution is 7.99. The maximum absolute atomic E-state index is 10.9. The molecule has 5 nitrogen and oxygen atoms in total. The Morgan fingerprint density at radius 2 is 1.28 bits per heavy atom. The van der Waals surface area contributed by atoms with Gasteiger partial charge in [-0.2, -0.15) is 0 Å². The molecule has 0 unspecified atom stereocenters. The molecular weight excluding hydrogens is 424 g/mol. The molecule has 6 heteroatoms. The number of ether oxygens (including phenoxy) is 3. The second-order valence-corrected chi connectivity index (χ2v) is 8.89. The molecule has 2 N–H and O–H groups in total. The lowest BCUT2D eigenvalue weighted by molar-refractivity contribution is -0.228. The van der Waals surface area contributed by atoms with E-state index in [2.05, 4.69) is 0 Å². The number of hydrogen-bond acceptors (Lipinski definition) is 6. The zero-order valence-electron chi connectivity index (χ0n) is 17.7. The van der Waals surface area contributed by atoms with Crippen LogP contribution in [0.5, 0.6) is 0 Å². The Morgan fingerprint density at radius 3 is 1.91 bits per heavy atom. The molecule has 1 aliphatic rings. The minimum absolute atomic E-state index is 0.240. The van der Waals surface area contributed by atoms with Crippen LogP contribution >= 0.6 is 11.8 Å². The molecule has 1 saturated heterocycles. The van der Waals surface area contributed by atoms with Gasteiger partial charge in [-0.1, -0.05) is 90.6 Å². The fraction of sp³-hybridized carbons (Fsp3) is 0.308. The van der Waals surface area contributed by atoms with Crippen molar-refractivity contribution >= 4 is 11.8 Å². The van der Waals surface area contributed by atoms with Gasteiger partial charge in [-0.05, 0) is 23.3 Å². The molecule has 0 bridgehead atoms. The molecule has 0 aromatic heterocycles. The maximum Gasteiger partial charge on any atom is 0.136 e. The van der Waals surface area contributed by atoms with E-state index >= 15 is 0 Å². The van der Waals surface area contributed by atoms with Crippen molar-refractivity contribution in [2.24, 2.45) is 0 Å². The van der Waals surface area contributed by atoms with Crippen molar-refractivity contribution in [3.8, 4) is 0 Å². The summed E-state index contributed by atoms with van der Waals surface area (Å²) in [5.74, 6) is 0. The van der Waals surface area contributed by atoms with Gasteiger partial charge in [0.05, 0.1) is 19.8 Å². The third-order valence-corrected chi connectivity index (χ3v) is 6.48. The third kappa shape index (κ3) is 6.19. The largest absolute Gasteiger partial charge is 0.387 e. The molecule has 3 aromatic rings. The first-order chi connectivity index (χ1) is 15.7. The van der Waals surface area contributed by atoms with Gasteiger partial charge in [0, 0.05) is 4.90 Å². The molecule has 0 aliphatic carbocycles. The number of aliphatic hydroxyl groups excluding tert-OH is 2. The second kappa shape index (κ2) is 11.6. The van der Waals surface area contributed by atoms with E-state index in [1.54, 1.807) is 0 Å². The zero-order chi connectivity index (χ0) is 22.2. The van der Waals surface area contributed by atoms with Crippen LogP contribution in [0.15, 0.2) is 95.9 Å². The van der Waals surface area contributed by atoms with Gasteiger partial charge in [-0.15, -0.1) is 0 Å². The first kappa shape index (κ1) is 23.0. The maximum atomic E-state index is 10.9. The predicted molar refractivity (Wildman–Crippen MR) is 124 cm³/mol. The Balaban J connectivity index is 1.44. The lowest BCUT2D eigenvalue weighted by atomic mass is 10.00. The van der Waals surface area contributed by atoms with Crippen LogP contribution in [0.2, 0.25) is 0 Å². The van der Waals surface area contributed by atoms with E-state index in [9.17, 15) is 10.2 Å². The van der Waals surface area contributed by atoms with Crippen molar-refractivity contribution in [3.05, 3.63) is 102 Å². The minimum atomic E-state index is -1.10. The van der Waals surface area contributed by atoms with Crippen molar-refractivity contribution in [2.75, 3.05) is 6.61 Å². The molecule has 0 saturated carbocycles. The predicted octanol–water partition coefficient (Wildman–Crippen LogP) is 4.03. The smallest absolute Gasteiger partial charge is 0.136 e. The average molecular weight is 453 g/mol. The van der Waals surface area contributed by atoms with Crippen molar-refractivity contribution < 1.29 is 24.4 Å². The van der Waals surface area contributed by atoms with Crippen molar-refractivity contribution in [1.82, 2.24) is 0 Å². The van der Waals surface area contributed by atoms with Crippen LogP contribution in [0.4, 0.5) is 0 Å². The third-order valence-electron chi connectivity index (χ3n) is 5.32. The van der Waals surface area contributed by atoms with Gasteiger partial charge in [-0.25, -0.2) is 0 Å². The molecule has 0 radical (unpaired) electrons. The van der Waals surface area contributed by atoms with E-state index in [1.807, 2.05) is 91.0 Å². The van der Waals surface area contributed by atoms with Crippen molar-refractivity contribution in [3.63, 3.8) is 0 Å². The Kier molecular flexibility index (Phi) is 8.34. The minimum Gasteiger partial charge on any atom is -0.387 e. The summed E-state index contributed by atoms with van der Waals surface area (Å²) in [6, 6.07) is 29.3. The fourth-order valence-electron chi connectivity index (χ4n) is 3.61. The lowest BCUT2D eigenvalue weighted by Gasteiger charge is -2.42. The summed E-state index contributed by atoms with van der Waals surface area (Å²) in [4.78, 5) is 0.955. The molecule has 5 atom stereocenters. The Bertz CT molecular complexity index is 925. The number of aliphatic hydroxyl groups is 2. The first-order valence-corrected chi connectivity index (χ1v) is 11.6. The van der Waals surface area contributed by atoms with E-state index < -0.39 is 29.9 Å². The zero-order valence-corrected chi connectivity index (χ0v) is 18.5. The standard InChI is InChI=1S/C26H28O5S/c27-23-24(28)26(32-21-14-8-3-9-15-21)31-22(18-29-16-19-10-4-1-5-11-19)25(23)30-17-20-12-6-2-7-13-20/h1-15,22-28H,16-18H2/t22-,23-,24-,25-,26+/m1/s1. The SMILES string of the molecule is O[C@@H]1[C@@H](O)[C@H](Sc2ccccc2)O[C@H](COCc2ccccc2)[C@H]1OCc1ccccc1. The monoisotopic (exact) mass is 452 g/mol. The molecule has 1 aliphatic heterocycles. The summed E-state index contributed by atoms with van der Waals surface area (Å²) in [5, 5.41) is 21.7.